The van der Waals surface area contributed by atoms with Crippen LogP contribution >= 0.6 is 0 Å². The molecule has 1 aromatic heterocycles. The summed E-state index contributed by atoms with van der Waals surface area (Å²) in [4.78, 5) is 10.8. The van der Waals surface area contributed by atoms with Crippen LogP contribution in [0.4, 0.5) is 8.78 Å². The predicted octanol–water partition coefficient (Wildman–Crippen LogP) is 2.56. The topological polar surface area (TPSA) is 67.2 Å². The number of aromatic nitrogens is 2. The molecule has 7 heteroatoms. The Morgan fingerprint density at radius 1 is 1.30 bits per heavy atom. The number of rotatable bonds is 6. The number of nitrogens with one attached hydrogen (secondary N) is 1. The van der Waals surface area contributed by atoms with Gasteiger partial charge in [0.2, 0.25) is 0 Å². The predicted molar refractivity (Wildman–Crippen MR) is 79.0 cm³/mol. The molecule has 0 atom stereocenters. The third-order valence-corrected chi connectivity index (χ3v) is 3.96. The van der Waals surface area contributed by atoms with Gasteiger partial charge in [-0.3, -0.25) is 4.68 Å². The van der Waals surface area contributed by atoms with Gasteiger partial charge in [0.15, 0.2) is 0 Å². The molecule has 0 bridgehead atoms. The number of hydrogen-bond acceptors (Lipinski definition) is 3. The van der Waals surface area contributed by atoms with Crippen molar-refractivity contribution >= 4 is 5.97 Å². The Balaban J connectivity index is 1.64. The monoisotopic (exact) mass is 321 g/mol. The second kappa shape index (κ2) is 6.08. The Kier molecular flexibility index (Phi) is 4.12. The smallest absolute Gasteiger partial charge is 0.335 e. The van der Waals surface area contributed by atoms with Gasteiger partial charge in [-0.25, -0.2) is 13.6 Å². The van der Waals surface area contributed by atoms with Crippen LogP contribution < -0.4 is 5.32 Å². The minimum Gasteiger partial charge on any atom is -0.478 e. The van der Waals surface area contributed by atoms with E-state index in [9.17, 15) is 13.6 Å². The summed E-state index contributed by atoms with van der Waals surface area (Å²) in [6.45, 7) is 0.354. The second-order valence-corrected chi connectivity index (χ2v) is 5.79. The lowest BCUT2D eigenvalue weighted by Crippen LogP contribution is -2.16. The molecule has 122 valence electrons. The maximum atomic E-state index is 13.8. The first-order valence-electron chi connectivity index (χ1n) is 7.40. The zero-order valence-electron chi connectivity index (χ0n) is 12.6. The van der Waals surface area contributed by atoms with E-state index in [-0.39, 0.29) is 12.1 Å². The molecule has 5 nitrogen and oxygen atoms in total. The molecule has 1 heterocycles. The number of carboxylic acid groups (broad SMARTS) is 1. The van der Waals surface area contributed by atoms with Crippen molar-refractivity contribution in [2.75, 3.05) is 0 Å². The molecule has 2 aromatic rings. The van der Waals surface area contributed by atoms with Gasteiger partial charge in [-0.05, 0) is 31.0 Å². The zero-order valence-corrected chi connectivity index (χ0v) is 12.6. The molecule has 1 aliphatic rings. The van der Waals surface area contributed by atoms with Gasteiger partial charge < -0.3 is 10.4 Å². The second-order valence-electron chi connectivity index (χ2n) is 5.79. The lowest BCUT2D eigenvalue weighted by Gasteiger charge is -2.07. The van der Waals surface area contributed by atoms with Gasteiger partial charge in [0.25, 0.3) is 0 Å². The molecule has 1 saturated carbocycles. The van der Waals surface area contributed by atoms with Gasteiger partial charge in [-0.2, -0.15) is 5.10 Å². The van der Waals surface area contributed by atoms with Gasteiger partial charge in [-0.15, -0.1) is 0 Å². The Morgan fingerprint density at radius 2 is 1.96 bits per heavy atom. The van der Waals surface area contributed by atoms with Crippen LogP contribution in [-0.4, -0.2) is 20.9 Å². The molecular formula is C16H17F2N3O2. The van der Waals surface area contributed by atoms with E-state index >= 15 is 0 Å². The quantitative estimate of drug-likeness (QED) is 0.858. The summed E-state index contributed by atoms with van der Waals surface area (Å²) in [6.07, 6.45) is 2.36. The van der Waals surface area contributed by atoms with Gasteiger partial charge in [0, 0.05) is 37.3 Å². The van der Waals surface area contributed by atoms with Crippen LogP contribution in [0.3, 0.4) is 0 Å². The maximum Gasteiger partial charge on any atom is 0.335 e. The van der Waals surface area contributed by atoms with Crippen molar-refractivity contribution in [2.45, 2.75) is 31.8 Å². The minimum atomic E-state index is -1.36. The third kappa shape index (κ3) is 3.39. The first-order chi connectivity index (χ1) is 11.0. The van der Waals surface area contributed by atoms with Crippen LogP contribution in [0, 0.1) is 11.6 Å². The van der Waals surface area contributed by atoms with E-state index in [1.54, 1.807) is 0 Å². The van der Waals surface area contributed by atoms with Gasteiger partial charge in [-0.1, -0.05) is 0 Å². The molecule has 2 N–H and O–H groups in total. The number of hydrogen-bond donors (Lipinski definition) is 2. The largest absolute Gasteiger partial charge is 0.478 e. The number of aromatic carboxylic acids is 1. The minimum absolute atomic E-state index is 0.0348. The van der Waals surface area contributed by atoms with Crippen LogP contribution in [0.5, 0.6) is 0 Å². The molecular weight excluding hydrogens is 304 g/mol. The third-order valence-electron chi connectivity index (χ3n) is 3.96. The fourth-order valence-electron chi connectivity index (χ4n) is 2.60. The van der Waals surface area contributed by atoms with E-state index in [2.05, 4.69) is 10.4 Å². The van der Waals surface area contributed by atoms with E-state index in [1.807, 2.05) is 17.8 Å². The number of carbonyl (C=O) groups is 1. The van der Waals surface area contributed by atoms with Gasteiger partial charge in [0.05, 0.1) is 11.3 Å². The highest BCUT2D eigenvalue weighted by molar-refractivity contribution is 5.87. The normalized spacial score (nSPS) is 14.2. The first kappa shape index (κ1) is 15.6. The number of halogens is 2. The van der Waals surface area contributed by atoms with Crippen LogP contribution in [-0.2, 0) is 20.1 Å². The van der Waals surface area contributed by atoms with Crippen molar-refractivity contribution < 1.29 is 18.7 Å². The molecule has 1 aromatic carbocycles. The number of aryl methyl sites for hydroxylation is 1. The summed E-state index contributed by atoms with van der Waals surface area (Å²) in [5.41, 5.74) is 1.43. The Labute approximate surface area is 131 Å². The average Bonchev–Trinajstić information content (AvgIpc) is 3.25. The van der Waals surface area contributed by atoms with Crippen molar-refractivity contribution in [3.63, 3.8) is 0 Å². The Morgan fingerprint density at radius 3 is 2.52 bits per heavy atom. The summed E-state index contributed by atoms with van der Waals surface area (Å²) in [7, 11) is 1.89. The average molecular weight is 321 g/mol. The first-order valence-corrected chi connectivity index (χ1v) is 7.40. The van der Waals surface area contributed by atoms with E-state index in [0.717, 1.165) is 17.8 Å². The highest BCUT2D eigenvalue weighted by atomic mass is 19.1. The Bertz CT molecular complexity index is 731. The zero-order chi connectivity index (χ0) is 16.6. The number of carboxylic acids is 1. The molecule has 1 aliphatic carbocycles. The molecule has 23 heavy (non-hydrogen) atoms. The van der Waals surface area contributed by atoms with Crippen molar-refractivity contribution in [3.8, 4) is 0 Å². The van der Waals surface area contributed by atoms with E-state index in [4.69, 9.17) is 5.11 Å². The van der Waals surface area contributed by atoms with E-state index < -0.39 is 23.2 Å². The van der Waals surface area contributed by atoms with Gasteiger partial charge >= 0.3 is 5.97 Å². The van der Waals surface area contributed by atoms with Crippen molar-refractivity contribution in [1.82, 2.24) is 15.1 Å². The Hall–Kier alpha value is -2.28. The van der Waals surface area contributed by atoms with Crippen LogP contribution in [0.1, 0.15) is 46.1 Å². The van der Waals surface area contributed by atoms with E-state index in [0.29, 0.717) is 12.5 Å². The lowest BCUT2D eigenvalue weighted by molar-refractivity contribution is 0.0695. The standard InChI is InChI=1S/C16H17F2N3O2/c1-21-15(9-2-3-9)6-11(20-21)7-19-8-12-13(17)4-10(16(22)23)5-14(12)18/h4-6,9,19H,2-3,7-8H2,1H3,(H,22,23). The number of nitrogens with zero attached hydrogens (tertiary/aromatic N) is 2. The SMILES string of the molecule is Cn1nc(CNCc2c(F)cc(C(=O)O)cc2F)cc1C1CC1. The summed E-state index contributed by atoms with van der Waals surface area (Å²) < 4.78 is 29.5. The summed E-state index contributed by atoms with van der Waals surface area (Å²) in [5.74, 6) is -2.51. The van der Waals surface area contributed by atoms with Crippen LogP contribution in [0.15, 0.2) is 18.2 Å². The fourth-order valence-corrected chi connectivity index (χ4v) is 2.60. The molecule has 3 rings (SSSR count). The van der Waals surface area contributed by atoms with Gasteiger partial charge in [0.1, 0.15) is 11.6 Å². The van der Waals surface area contributed by atoms with Crippen molar-refractivity contribution in [1.29, 1.82) is 0 Å². The lowest BCUT2D eigenvalue weighted by atomic mass is 10.1. The summed E-state index contributed by atoms with van der Waals surface area (Å²) >= 11 is 0. The molecule has 0 saturated heterocycles. The summed E-state index contributed by atoms with van der Waals surface area (Å²) in [6, 6.07) is 3.66. The molecule has 0 amide bonds. The molecule has 1 fully saturated rings. The number of benzene rings is 1. The summed E-state index contributed by atoms with van der Waals surface area (Å²) in [5, 5.41) is 16.1. The highest BCUT2D eigenvalue weighted by Crippen LogP contribution is 2.39. The van der Waals surface area contributed by atoms with Crippen molar-refractivity contribution in [2.24, 2.45) is 7.05 Å². The van der Waals surface area contributed by atoms with Crippen LogP contribution in [0.2, 0.25) is 0 Å². The van der Waals surface area contributed by atoms with Crippen molar-refractivity contribution in [3.05, 3.63) is 52.3 Å². The molecule has 0 aliphatic heterocycles. The highest BCUT2D eigenvalue weighted by Gasteiger charge is 2.27. The maximum absolute atomic E-state index is 13.8. The molecule has 0 spiro atoms. The van der Waals surface area contributed by atoms with Crippen LogP contribution in [0.25, 0.3) is 0 Å². The van der Waals surface area contributed by atoms with E-state index in [1.165, 1.54) is 18.5 Å². The molecule has 0 unspecified atom stereocenters. The fraction of sp³-hybridized carbons (Fsp3) is 0.375. The molecule has 0 radical (unpaired) electrons.